The van der Waals surface area contributed by atoms with Crippen LogP contribution in [0.5, 0.6) is 0 Å². The van der Waals surface area contributed by atoms with Crippen molar-refractivity contribution in [2.75, 3.05) is 13.2 Å². The third-order valence-electron chi connectivity index (χ3n) is 10.8. The quantitative estimate of drug-likeness (QED) is 0.0264. The molecule has 338 valence electrons. The highest BCUT2D eigenvalue weighted by molar-refractivity contribution is 5.71. The first kappa shape index (κ1) is 55.6. The Kier molecular flexibility index (Phi) is 45.4. The molecule has 0 aliphatic carbocycles. The molecule has 0 aromatic heterocycles. The molecule has 0 amide bonds. The number of unbranched alkanes of at least 4 members (excludes halogenated alkanes) is 28. The lowest BCUT2D eigenvalue weighted by atomic mass is 10.1. The molecular formula is C52H94O6. The van der Waals surface area contributed by atoms with Crippen LogP contribution in [0.25, 0.3) is 0 Å². The van der Waals surface area contributed by atoms with Crippen LogP contribution in [0.2, 0.25) is 0 Å². The van der Waals surface area contributed by atoms with E-state index in [0.29, 0.717) is 19.3 Å². The van der Waals surface area contributed by atoms with Crippen molar-refractivity contribution in [3.8, 4) is 0 Å². The summed E-state index contributed by atoms with van der Waals surface area (Å²) in [6.45, 7) is 6.56. The molecule has 6 nitrogen and oxygen atoms in total. The number of carbonyl (C=O) groups excluding carboxylic acids is 3. The minimum absolute atomic E-state index is 0.0855. The first-order chi connectivity index (χ1) is 28.5. The Labute approximate surface area is 359 Å². The van der Waals surface area contributed by atoms with E-state index in [1.165, 1.54) is 154 Å². The summed E-state index contributed by atoms with van der Waals surface area (Å²) in [4.78, 5) is 37.8. The predicted octanol–water partition coefficient (Wildman–Crippen LogP) is 16.1. The van der Waals surface area contributed by atoms with Crippen LogP contribution in [0, 0.1) is 0 Å². The Morgan fingerprint density at radius 1 is 0.328 bits per heavy atom. The third kappa shape index (κ3) is 44.7. The molecular weight excluding hydrogens is 721 g/mol. The van der Waals surface area contributed by atoms with Crippen molar-refractivity contribution in [3.63, 3.8) is 0 Å². The maximum absolute atomic E-state index is 12.7. The van der Waals surface area contributed by atoms with Gasteiger partial charge in [-0.3, -0.25) is 14.4 Å². The van der Waals surface area contributed by atoms with Crippen LogP contribution in [-0.4, -0.2) is 37.2 Å². The van der Waals surface area contributed by atoms with Gasteiger partial charge in [0.15, 0.2) is 6.10 Å². The summed E-state index contributed by atoms with van der Waals surface area (Å²) < 4.78 is 16.7. The fraction of sp³-hybridized carbons (Fsp3) is 0.827. The minimum atomic E-state index is -0.785. The Morgan fingerprint density at radius 3 is 0.948 bits per heavy atom. The normalized spacial score (nSPS) is 12.3. The zero-order chi connectivity index (χ0) is 42.3. The second-order valence-corrected chi connectivity index (χ2v) is 16.7. The van der Waals surface area contributed by atoms with Crippen molar-refractivity contribution in [3.05, 3.63) is 36.5 Å². The summed E-state index contributed by atoms with van der Waals surface area (Å²) >= 11 is 0. The molecule has 0 bridgehead atoms. The van der Waals surface area contributed by atoms with Gasteiger partial charge in [0.25, 0.3) is 0 Å². The first-order valence-corrected chi connectivity index (χ1v) is 25.0. The molecule has 0 rings (SSSR count). The van der Waals surface area contributed by atoms with Gasteiger partial charge >= 0.3 is 17.9 Å². The SMILES string of the molecule is CCCCCC/C=C\CCCCCCCCCC(=O)OC(COC(=O)CCC/C=C\CCCCCC)COC(=O)CCCCCCC/C=C\CCCCCCCCC. The summed E-state index contributed by atoms with van der Waals surface area (Å²) in [6, 6.07) is 0. The molecule has 0 aromatic carbocycles. The van der Waals surface area contributed by atoms with Gasteiger partial charge in [0, 0.05) is 19.3 Å². The lowest BCUT2D eigenvalue weighted by Crippen LogP contribution is -2.30. The second-order valence-electron chi connectivity index (χ2n) is 16.7. The molecule has 0 N–H and O–H groups in total. The Hall–Kier alpha value is -2.37. The van der Waals surface area contributed by atoms with Crippen molar-refractivity contribution in [1.29, 1.82) is 0 Å². The zero-order valence-electron chi connectivity index (χ0n) is 38.6. The zero-order valence-corrected chi connectivity index (χ0v) is 38.6. The van der Waals surface area contributed by atoms with Crippen LogP contribution >= 0.6 is 0 Å². The minimum Gasteiger partial charge on any atom is -0.462 e. The number of esters is 3. The Balaban J connectivity index is 4.35. The molecule has 0 saturated carbocycles. The summed E-state index contributed by atoms with van der Waals surface area (Å²) in [5.74, 6) is -0.929. The highest BCUT2D eigenvalue weighted by atomic mass is 16.6. The average molecular weight is 815 g/mol. The van der Waals surface area contributed by atoms with E-state index in [-0.39, 0.29) is 31.1 Å². The molecule has 0 aliphatic heterocycles. The van der Waals surface area contributed by atoms with Gasteiger partial charge < -0.3 is 14.2 Å². The van der Waals surface area contributed by atoms with Crippen LogP contribution in [0.1, 0.15) is 258 Å². The lowest BCUT2D eigenvalue weighted by Gasteiger charge is -2.18. The van der Waals surface area contributed by atoms with Gasteiger partial charge in [0.1, 0.15) is 13.2 Å². The Morgan fingerprint density at radius 2 is 0.586 bits per heavy atom. The maximum Gasteiger partial charge on any atom is 0.306 e. The van der Waals surface area contributed by atoms with Crippen molar-refractivity contribution < 1.29 is 28.6 Å². The number of hydrogen-bond donors (Lipinski definition) is 0. The predicted molar refractivity (Wildman–Crippen MR) is 247 cm³/mol. The lowest BCUT2D eigenvalue weighted by molar-refractivity contribution is -0.167. The van der Waals surface area contributed by atoms with Gasteiger partial charge in [-0.2, -0.15) is 0 Å². The third-order valence-corrected chi connectivity index (χ3v) is 10.8. The Bertz CT molecular complexity index is 984. The highest BCUT2D eigenvalue weighted by Crippen LogP contribution is 2.14. The number of allylic oxidation sites excluding steroid dienone is 6. The number of ether oxygens (including phenoxy) is 3. The standard InChI is InChI=1S/C52H94O6/c1-4-7-10-13-16-19-21-23-25-27-28-30-33-36-39-42-45-51(54)57-48-49(47-56-50(53)44-41-38-35-32-18-15-12-9-6-3)58-52(55)46-43-40-37-34-31-29-26-24-22-20-17-14-11-8-5-2/h20,22,25,27,32,35,49H,4-19,21,23-24,26,28-31,33-34,36-48H2,1-3H3/b22-20-,27-25-,35-32-. The van der Waals surface area contributed by atoms with Gasteiger partial charge in [0.05, 0.1) is 0 Å². The van der Waals surface area contributed by atoms with Crippen LogP contribution in [0.15, 0.2) is 36.5 Å². The van der Waals surface area contributed by atoms with Gasteiger partial charge in [-0.05, 0) is 89.9 Å². The molecule has 0 aliphatic rings. The van der Waals surface area contributed by atoms with Gasteiger partial charge in [-0.1, -0.05) is 186 Å². The van der Waals surface area contributed by atoms with Crippen molar-refractivity contribution in [2.45, 2.75) is 264 Å². The van der Waals surface area contributed by atoms with Crippen molar-refractivity contribution in [1.82, 2.24) is 0 Å². The number of hydrogen-bond acceptors (Lipinski definition) is 6. The summed E-state index contributed by atoms with van der Waals surface area (Å²) in [7, 11) is 0. The van der Waals surface area contributed by atoms with Crippen molar-refractivity contribution >= 4 is 17.9 Å². The van der Waals surface area contributed by atoms with E-state index in [2.05, 4.69) is 57.2 Å². The first-order valence-electron chi connectivity index (χ1n) is 25.0. The van der Waals surface area contributed by atoms with Crippen LogP contribution in [0.4, 0.5) is 0 Å². The highest BCUT2D eigenvalue weighted by Gasteiger charge is 2.19. The molecule has 0 saturated heterocycles. The molecule has 0 fully saturated rings. The van der Waals surface area contributed by atoms with E-state index in [9.17, 15) is 14.4 Å². The second kappa shape index (κ2) is 47.3. The average Bonchev–Trinajstić information content (AvgIpc) is 3.22. The smallest absolute Gasteiger partial charge is 0.306 e. The largest absolute Gasteiger partial charge is 0.462 e. The molecule has 58 heavy (non-hydrogen) atoms. The summed E-state index contributed by atoms with van der Waals surface area (Å²) in [6.07, 6.45) is 54.2. The topological polar surface area (TPSA) is 78.9 Å². The molecule has 0 radical (unpaired) electrons. The molecule has 1 unspecified atom stereocenters. The summed E-state index contributed by atoms with van der Waals surface area (Å²) in [5, 5.41) is 0. The van der Waals surface area contributed by atoms with E-state index in [1.54, 1.807) is 0 Å². The maximum atomic E-state index is 12.7. The summed E-state index contributed by atoms with van der Waals surface area (Å²) in [5.41, 5.74) is 0. The van der Waals surface area contributed by atoms with E-state index in [0.717, 1.165) is 64.2 Å². The molecule has 1 atom stereocenters. The van der Waals surface area contributed by atoms with Crippen LogP contribution in [-0.2, 0) is 28.6 Å². The molecule has 6 heteroatoms. The van der Waals surface area contributed by atoms with E-state index >= 15 is 0 Å². The molecule has 0 heterocycles. The fourth-order valence-corrected chi connectivity index (χ4v) is 7.02. The number of carbonyl (C=O) groups is 3. The molecule has 0 spiro atoms. The van der Waals surface area contributed by atoms with Gasteiger partial charge in [0.2, 0.25) is 0 Å². The van der Waals surface area contributed by atoms with Crippen molar-refractivity contribution in [2.24, 2.45) is 0 Å². The van der Waals surface area contributed by atoms with Gasteiger partial charge in [-0.25, -0.2) is 0 Å². The molecule has 0 aromatic rings. The van der Waals surface area contributed by atoms with E-state index < -0.39 is 6.10 Å². The number of rotatable bonds is 45. The fourth-order valence-electron chi connectivity index (χ4n) is 7.02. The van der Waals surface area contributed by atoms with E-state index in [1.807, 2.05) is 0 Å². The van der Waals surface area contributed by atoms with Crippen LogP contribution < -0.4 is 0 Å². The van der Waals surface area contributed by atoms with Gasteiger partial charge in [-0.15, -0.1) is 0 Å². The van der Waals surface area contributed by atoms with E-state index in [4.69, 9.17) is 14.2 Å². The monoisotopic (exact) mass is 815 g/mol. The van der Waals surface area contributed by atoms with Crippen LogP contribution in [0.3, 0.4) is 0 Å².